The number of aromatic amines is 1. The lowest BCUT2D eigenvalue weighted by atomic mass is 10.1. The van der Waals surface area contributed by atoms with Gasteiger partial charge in [0, 0.05) is 22.5 Å². The van der Waals surface area contributed by atoms with Gasteiger partial charge in [-0.15, -0.1) is 0 Å². The first-order chi connectivity index (χ1) is 11.7. The Morgan fingerprint density at radius 3 is 2.38 bits per heavy atom. The quantitative estimate of drug-likeness (QED) is 0.664. The summed E-state index contributed by atoms with van der Waals surface area (Å²) < 4.78 is 0. The Labute approximate surface area is 145 Å². The van der Waals surface area contributed by atoms with Crippen molar-refractivity contribution in [3.8, 4) is 11.1 Å². The van der Waals surface area contributed by atoms with Gasteiger partial charge in [-0.1, -0.05) is 35.9 Å². The van der Waals surface area contributed by atoms with Crippen LogP contribution in [-0.2, 0) is 4.79 Å². The summed E-state index contributed by atoms with van der Waals surface area (Å²) in [6, 6.07) is 14.4. The van der Waals surface area contributed by atoms with E-state index < -0.39 is 6.04 Å². The molecule has 5 nitrogen and oxygen atoms in total. The second kappa shape index (κ2) is 7.29. The molecule has 1 atom stereocenters. The molecule has 1 amide bonds. The minimum Gasteiger partial charge on any atom is -0.324 e. The van der Waals surface area contributed by atoms with Crippen LogP contribution in [0.3, 0.4) is 0 Å². The molecule has 0 aliphatic heterocycles. The number of H-pyrrole nitrogens is 1. The Bertz CT molecular complexity index is 798. The maximum absolute atomic E-state index is 12.5. The highest BCUT2D eigenvalue weighted by atomic mass is 35.5. The van der Waals surface area contributed by atoms with Crippen LogP contribution in [0, 0.1) is 0 Å². The van der Waals surface area contributed by atoms with Crippen LogP contribution in [0.5, 0.6) is 0 Å². The van der Waals surface area contributed by atoms with Crippen molar-refractivity contribution in [2.45, 2.75) is 6.04 Å². The summed E-state index contributed by atoms with van der Waals surface area (Å²) in [6.07, 6.45) is 3.58. The lowest BCUT2D eigenvalue weighted by Gasteiger charge is -2.16. The monoisotopic (exact) mass is 340 g/mol. The van der Waals surface area contributed by atoms with Gasteiger partial charge in [-0.2, -0.15) is 5.10 Å². The molecule has 3 aromatic rings. The molecule has 3 rings (SSSR count). The summed E-state index contributed by atoms with van der Waals surface area (Å²) in [6.45, 7) is 0. The molecule has 0 radical (unpaired) electrons. The molecule has 0 fully saturated rings. The molecule has 0 aliphatic rings. The molecule has 0 saturated heterocycles. The van der Waals surface area contributed by atoms with Crippen LogP contribution in [0.4, 0.5) is 5.69 Å². The maximum atomic E-state index is 12.5. The molecular formula is C18H17ClN4O. The highest BCUT2D eigenvalue weighted by Gasteiger charge is 2.18. The van der Waals surface area contributed by atoms with E-state index >= 15 is 0 Å². The molecule has 3 N–H and O–H groups in total. The van der Waals surface area contributed by atoms with E-state index in [-0.39, 0.29) is 5.91 Å². The van der Waals surface area contributed by atoms with Crippen LogP contribution in [0.15, 0.2) is 60.9 Å². The highest BCUT2D eigenvalue weighted by molar-refractivity contribution is 6.30. The molecule has 6 heteroatoms. The van der Waals surface area contributed by atoms with Gasteiger partial charge in [0.25, 0.3) is 0 Å². The van der Waals surface area contributed by atoms with Gasteiger partial charge in [0.1, 0.15) is 6.04 Å². The molecule has 1 aromatic heterocycles. The maximum Gasteiger partial charge on any atom is 0.246 e. The molecule has 0 spiro atoms. The van der Waals surface area contributed by atoms with Crippen molar-refractivity contribution in [1.29, 1.82) is 0 Å². The predicted octanol–water partition coefficient (Wildman–Crippen LogP) is 3.63. The molecule has 0 saturated carbocycles. The van der Waals surface area contributed by atoms with Crippen LogP contribution in [0.2, 0.25) is 5.02 Å². The number of nitrogens with zero attached hydrogens (tertiary/aromatic N) is 1. The van der Waals surface area contributed by atoms with Crippen molar-refractivity contribution >= 4 is 23.2 Å². The fourth-order valence-corrected chi connectivity index (χ4v) is 2.60. The molecule has 0 unspecified atom stereocenters. The van der Waals surface area contributed by atoms with Crippen LogP contribution in [0.25, 0.3) is 11.1 Å². The van der Waals surface area contributed by atoms with Gasteiger partial charge < -0.3 is 10.6 Å². The van der Waals surface area contributed by atoms with Gasteiger partial charge >= 0.3 is 0 Å². The van der Waals surface area contributed by atoms with Gasteiger partial charge in [-0.3, -0.25) is 9.89 Å². The molecule has 122 valence electrons. The number of nitrogens with one attached hydrogen (secondary N) is 3. The fraction of sp³-hybridized carbons (Fsp3) is 0.111. The van der Waals surface area contributed by atoms with Crippen LogP contribution >= 0.6 is 11.6 Å². The SMILES string of the molecule is CN[C@@H](C(=O)Nc1ccc(-c2cn[nH]c2)cc1)c1ccc(Cl)cc1. The van der Waals surface area contributed by atoms with E-state index in [1.54, 1.807) is 25.4 Å². The fourth-order valence-electron chi connectivity index (χ4n) is 2.47. The first-order valence-corrected chi connectivity index (χ1v) is 7.88. The summed E-state index contributed by atoms with van der Waals surface area (Å²) in [4.78, 5) is 12.5. The smallest absolute Gasteiger partial charge is 0.246 e. The van der Waals surface area contributed by atoms with Gasteiger partial charge in [-0.05, 0) is 42.4 Å². The zero-order chi connectivity index (χ0) is 16.9. The molecule has 1 heterocycles. The number of carbonyl (C=O) groups excluding carboxylic acids is 1. The summed E-state index contributed by atoms with van der Waals surface area (Å²) in [5.41, 5.74) is 3.63. The predicted molar refractivity (Wildman–Crippen MR) is 95.9 cm³/mol. The van der Waals surface area contributed by atoms with E-state index in [0.717, 1.165) is 22.4 Å². The minimum absolute atomic E-state index is 0.129. The summed E-state index contributed by atoms with van der Waals surface area (Å²) in [7, 11) is 1.75. The van der Waals surface area contributed by atoms with E-state index in [9.17, 15) is 4.79 Å². The number of rotatable bonds is 5. The number of amides is 1. The van der Waals surface area contributed by atoms with E-state index in [0.29, 0.717) is 5.02 Å². The largest absolute Gasteiger partial charge is 0.324 e. The number of benzene rings is 2. The molecule has 0 aliphatic carbocycles. The normalized spacial score (nSPS) is 11.9. The molecule has 0 bridgehead atoms. The third-order valence-electron chi connectivity index (χ3n) is 3.74. The van der Waals surface area contributed by atoms with Gasteiger partial charge in [0.2, 0.25) is 5.91 Å². The Morgan fingerprint density at radius 2 is 1.79 bits per heavy atom. The van der Waals surface area contributed by atoms with Gasteiger partial charge in [0.15, 0.2) is 0 Å². The number of halogens is 1. The van der Waals surface area contributed by atoms with Crippen molar-refractivity contribution in [3.05, 3.63) is 71.5 Å². The topological polar surface area (TPSA) is 69.8 Å². The van der Waals surface area contributed by atoms with Crippen molar-refractivity contribution in [2.24, 2.45) is 0 Å². The highest BCUT2D eigenvalue weighted by Crippen LogP contribution is 2.22. The van der Waals surface area contributed by atoms with E-state index in [1.807, 2.05) is 42.6 Å². The van der Waals surface area contributed by atoms with Crippen molar-refractivity contribution in [3.63, 3.8) is 0 Å². The van der Waals surface area contributed by atoms with Crippen LogP contribution < -0.4 is 10.6 Å². The Hall–Kier alpha value is -2.63. The lowest BCUT2D eigenvalue weighted by Crippen LogP contribution is -2.30. The number of carbonyl (C=O) groups is 1. The third kappa shape index (κ3) is 3.64. The number of anilines is 1. The summed E-state index contributed by atoms with van der Waals surface area (Å²) >= 11 is 5.90. The second-order valence-electron chi connectivity index (χ2n) is 5.33. The van der Waals surface area contributed by atoms with Gasteiger partial charge in [0.05, 0.1) is 6.20 Å². The first-order valence-electron chi connectivity index (χ1n) is 7.50. The van der Waals surface area contributed by atoms with Crippen molar-refractivity contribution < 1.29 is 4.79 Å². The molecule has 24 heavy (non-hydrogen) atoms. The molecular weight excluding hydrogens is 324 g/mol. The van der Waals surface area contributed by atoms with Crippen molar-refractivity contribution in [1.82, 2.24) is 15.5 Å². The number of hydrogen-bond donors (Lipinski definition) is 3. The number of hydrogen-bond acceptors (Lipinski definition) is 3. The Morgan fingerprint density at radius 1 is 1.08 bits per heavy atom. The Kier molecular flexibility index (Phi) is 4.93. The lowest BCUT2D eigenvalue weighted by molar-refractivity contribution is -0.118. The van der Waals surface area contributed by atoms with E-state index in [2.05, 4.69) is 20.8 Å². The van der Waals surface area contributed by atoms with Crippen LogP contribution in [0.1, 0.15) is 11.6 Å². The van der Waals surface area contributed by atoms with E-state index in [4.69, 9.17) is 11.6 Å². The van der Waals surface area contributed by atoms with Crippen molar-refractivity contribution in [2.75, 3.05) is 12.4 Å². The second-order valence-corrected chi connectivity index (χ2v) is 5.76. The number of likely N-dealkylation sites (N-methyl/N-ethyl adjacent to an activating group) is 1. The third-order valence-corrected chi connectivity index (χ3v) is 3.99. The summed E-state index contributed by atoms with van der Waals surface area (Å²) in [5.74, 6) is -0.129. The first kappa shape index (κ1) is 16.2. The zero-order valence-electron chi connectivity index (χ0n) is 13.1. The summed E-state index contributed by atoms with van der Waals surface area (Å²) in [5, 5.41) is 13.3. The number of aromatic nitrogens is 2. The zero-order valence-corrected chi connectivity index (χ0v) is 13.8. The standard InChI is InChI=1S/C18H17ClN4O/c1-20-17(13-2-6-15(19)7-3-13)18(24)23-16-8-4-12(5-9-16)14-10-21-22-11-14/h2-11,17,20H,1H3,(H,21,22)(H,23,24)/t17-/m1/s1. The Balaban J connectivity index is 1.72. The minimum atomic E-state index is -0.448. The van der Waals surface area contributed by atoms with Crippen LogP contribution in [-0.4, -0.2) is 23.2 Å². The average molecular weight is 341 g/mol. The van der Waals surface area contributed by atoms with E-state index in [1.165, 1.54) is 0 Å². The average Bonchev–Trinajstić information content (AvgIpc) is 3.12. The molecule has 2 aromatic carbocycles. The van der Waals surface area contributed by atoms with Gasteiger partial charge in [-0.25, -0.2) is 0 Å².